The van der Waals surface area contributed by atoms with Gasteiger partial charge in [0, 0.05) is 29.9 Å². The fourth-order valence-corrected chi connectivity index (χ4v) is 2.85. The van der Waals surface area contributed by atoms with Crippen molar-refractivity contribution in [3.05, 3.63) is 69.3 Å². The highest BCUT2D eigenvalue weighted by atomic mass is 16.6. The highest BCUT2D eigenvalue weighted by Gasteiger charge is 2.24. The van der Waals surface area contributed by atoms with Gasteiger partial charge in [0.2, 0.25) is 0 Å². The first kappa shape index (κ1) is 14.3. The summed E-state index contributed by atoms with van der Waals surface area (Å²) in [7, 11) is 0. The molecule has 0 saturated heterocycles. The van der Waals surface area contributed by atoms with Crippen LogP contribution in [0.15, 0.2) is 42.5 Å². The van der Waals surface area contributed by atoms with Crippen molar-refractivity contribution in [1.82, 2.24) is 0 Å². The fraction of sp³-hybridized carbons (Fsp3) is 0.235. The van der Waals surface area contributed by atoms with E-state index in [0.717, 1.165) is 24.1 Å². The second-order valence-electron chi connectivity index (χ2n) is 5.50. The highest BCUT2D eigenvalue weighted by Crippen LogP contribution is 2.29. The molecule has 0 radical (unpaired) electrons. The topological polar surface area (TPSA) is 63.5 Å². The van der Waals surface area contributed by atoms with E-state index in [0.29, 0.717) is 12.1 Å². The van der Waals surface area contributed by atoms with Crippen LogP contribution in [0.2, 0.25) is 0 Å². The third-order valence-electron chi connectivity index (χ3n) is 3.90. The van der Waals surface area contributed by atoms with E-state index in [9.17, 15) is 14.9 Å². The smallest absolute Gasteiger partial charge is 0.270 e. The minimum Gasteiger partial charge on any atom is -0.308 e. The number of carbonyl (C=O) groups is 1. The van der Waals surface area contributed by atoms with Crippen LogP contribution in [-0.4, -0.2) is 17.4 Å². The SMILES string of the molecule is Cc1ccc2c(c1)CCCN2C(=O)c1cccc([N+](=O)[O-])c1. The molecule has 5 heteroatoms. The van der Waals surface area contributed by atoms with Gasteiger partial charge in [-0.25, -0.2) is 0 Å². The first-order chi connectivity index (χ1) is 10.6. The highest BCUT2D eigenvalue weighted by molar-refractivity contribution is 6.07. The van der Waals surface area contributed by atoms with Gasteiger partial charge in [0.1, 0.15) is 0 Å². The van der Waals surface area contributed by atoms with Gasteiger partial charge in [-0.3, -0.25) is 14.9 Å². The first-order valence-corrected chi connectivity index (χ1v) is 7.22. The molecule has 0 atom stereocenters. The number of non-ortho nitro benzene ring substituents is 1. The van der Waals surface area contributed by atoms with E-state index in [4.69, 9.17) is 0 Å². The summed E-state index contributed by atoms with van der Waals surface area (Å²) in [5, 5.41) is 10.9. The lowest BCUT2D eigenvalue weighted by Crippen LogP contribution is -2.35. The van der Waals surface area contributed by atoms with Crippen molar-refractivity contribution in [2.24, 2.45) is 0 Å². The molecule has 22 heavy (non-hydrogen) atoms. The van der Waals surface area contributed by atoms with Gasteiger partial charge in [-0.15, -0.1) is 0 Å². The molecule has 1 aliphatic heterocycles. The molecule has 0 saturated carbocycles. The summed E-state index contributed by atoms with van der Waals surface area (Å²) in [5.41, 5.74) is 3.52. The van der Waals surface area contributed by atoms with Crippen LogP contribution in [0.4, 0.5) is 11.4 Å². The van der Waals surface area contributed by atoms with Crippen molar-refractivity contribution in [2.75, 3.05) is 11.4 Å². The Balaban J connectivity index is 1.97. The third-order valence-corrected chi connectivity index (χ3v) is 3.90. The molecule has 1 aliphatic rings. The third kappa shape index (κ3) is 2.57. The quantitative estimate of drug-likeness (QED) is 0.629. The predicted molar refractivity (Wildman–Crippen MR) is 84.3 cm³/mol. The van der Waals surface area contributed by atoms with Gasteiger partial charge in [-0.2, -0.15) is 0 Å². The Bertz CT molecular complexity index is 755. The molecule has 112 valence electrons. The number of rotatable bonds is 2. The van der Waals surface area contributed by atoms with Crippen molar-refractivity contribution < 1.29 is 9.72 Å². The average Bonchev–Trinajstić information content (AvgIpc) is 2.53. The molecule has 0 bridgehead atoms. The van der Waals surface area contributed by atoms with Gasteiger partial charge in [-0.05, 0) is 37.5 Å². The van der Waals surface area contributed by atoms with Crippen LogP contribution in [0.1, 0.15) is 27.9 Å². The van der Waals surface area contributed by atoms with Crippen LogP contribution in [0.3, 0.4) is 0 Å². The largest absolute Gasteiger partial charge is 0.308 e. The van der Waals surface area contributed by atoms with Crippen LogP contribution in [-0.2, 0) is 6.42 Å². The Labute approximate surface area is 128 Å². The number of nitro benzene ring substituents is 1. The Kier molecular flexibility index (Phi) is 3.63. The Morgan fingerprint density at radius 2 is 2.05 bits per heavy atom. The zero-order valence-electron chi connectivity index (χ0n) is 12.3. The van der Waals surface area contributed by atoms with Crippen LogP contribution in [0, 0.1) is 17.0 Å². The van der Waals surface area contributed by atoms with Crippen molar-refractivity contribution in [1.29, 1.82) is 0 Å². The lowest BCUT2D eigenvalue weighted by molar-refractivity contribution is -0.384. The molecule has 0 N–H and O–H groups in total. The van der Waals surface area contributed by atoms with E-state index in [-0.39, 0.29) is 11.6 Å². The molecule has 5 nitrogen and oxygen atoms in total. The summed E-state index contributed by atoms with van der Waals surface area (Å²) in [4.78, 5) is 24.8. The van der Waals surface area contributed by atoms with Gasteiger partial charge in [0.15, 0.2) is 0 Å². The molecule has 0 aliphatic carbocycles. The van der Waals surface area contributed by atoms with Gasteiger partial charge in [-0.1, -0.05) is 23.8 Å². The van der Waals surface area contributed by atoms with Gasteiger partial charge in [0.25, 0.3) is 11.6 Å². The molecular formula is C17H16N2O3. The van der Waals surface area contributed by atoms with Crippen LogP contribution in [0.5, 0.6) is 0 Å². The van der Waals surface area contributed by atoms with E-state index in [1.807, 2.05) is 19.1 Å². The van der Waals surface area contributed by atoms with E-state index in [1.165, 1.54) is 17.7 Å². The molecule has 2 aromatic carbocycles. The van der Waals surface area contributed by atoms with E-state index >= 15 is 0 Å². The molecule has 0 unspecified atom stereocenters. The van der Waals surface area contributed by atoms with E-state index in [1.54, 1.807) is 17.0 Å². The number of anilines is 1. The maximum atomic E-state index is 12.7. The van der Waals surface area contributed by atoms with Gasteiger partial charge >= 0.3 is 0 Å². The summed E-state index contributed by atoms with van der Waals surface area (Å²) in [6.45, 7) is 2.67. The molecule has 1 heterocycles. The second-order valence-corrected chi connectivity index (χ2v) is 5.50. The number of amides is 1. The maximum Gasteiger partial charge on any atom is 0.270 e. The molecule has 2 aromatic rings. The van der Waals surface area contributed by atoms with Gasteiger partial charge < -0.3 is 4.90 Å². The van der Waals surface area contributed by atoms with Crippen molar-refractivity contribution in [2.45, 2.75) is 19.8 Å². The fourth-order valence-electron chi connectivity index (χ4n) is 2.85. The number of hydrogen-bond donors (Lipinski definition) is 0. The number of nitrogens with zero attached hydrogens (tertiary/aromatic N) is 2. The van der Waals surface area contributed by atoms with E-state index < -0.39 is 4.92 Å². The number of benzene rings is 2. The van der Waals surface area contributed by atoms with Crippen molar-refractivity contribution >= 4 is 17.3 Å². The molecule has 0 fully saturated rings. The number of nitro groups is 1. The minimum absolute atomic E-state index is 0.0630. The van der Waals surface area contributed by atoms with Gasteiger partial charge in [0.05, 0.1) is 4.92 Å². The Morgan fingerprint density at radius 1 is 1.23 bits per heavy atom. The second kappa shape index (κ2) is 5.60. The molecule has 0 spiro atoms. The monoisotopic (exact) mass is 296 g/mol. The summed E-state index contributed by atoms with van der Waals surface area (Å²) >= 11 is 0. The Morgan fingerprint density at radius 3 is 2.82 bits per heavy atom. The lowest BCUT2D eigenvalue weighted by Gasteiger charge is -2.29. The molecular weight excluding hydrogens is 280 g/mol. The first-order valence-electron chi connectivity index (χ1n) is 7.22. The van der Waals surface area contributed by atoms with Crippen LogP contribution >= 0.6 is 0 Å². The summed E-state index contributed by atoms with van der Waals surface area (Å²) < 4.78 is 0. The van der Waals surface area contributed by atoms with Crippen molar-refractivity contribution in [3.63, 3.8) is 0 Å². The summed E-state index contributed by atoms with van der Waals surface area (Å²) in [5.74, 6) is -0.187. The minimum atomic E-state index is -0.482. The zero-order valence-corrected chi connectivity index (χ0v) is 12.3. The number of aryl methyl sites for hydroxylation is 2. The Hall–Kier alpha value is -2.69. The van der Waals surface area contributed by atoms with E-state index in [2.05, 4.69) is 6.07 Å². The zero-order chi connectivity index (χ0) is 15.7. The number of carbonyl (C=O) groups excluding carboxylic acids is 1. The average molecular weight is 296 g/mol. The number of fused-ring (bicyclic) bond motifs is 1. The predicted octanol–water partition coefficient (Wildman–Crippen LogP) is 3.50. The van der Waals surface area contributed by atoms with Crippen molar-refractivity contribution in [3.8, 4) is 0 Å². The molecule has 3 rings (SSSR count). The number of hydrogen-bond acceptors (Lipinski definition) is 3. The van der Waals surface area contributed by atoms with Crippen LogP contribution in [0.25, 0.3) is 0 Å². The molecule has 1 amide bonds. The lowest BCUT2D eigenvalue weighted by atomic mass is 9.99. The maximum absolute atomic E-state index is 12.7. The normalized spacial score (nSPS) is 13.6. The molecule has 0 aromatic heterocycles. The summed E-state index contributed by atoms with van der Waals surface area (Å²) in [6.07, 6.45) is 1.85. The standard InChI is InChI=1S/C17H16N2O3/c1-12-7-8-16-13(10-12)5-3-9-18(16)17(20)14-4-2-6-15(11-14)19(21)22/h2,4,6-8,10-11H,3,5,9H2,1H3. The summed E-state index contributed by atoms with van der Waals surface area (Å²) in [6, 6.07) is 11.9. The van der Waals surface area contributed by atoms with Crippen LogP contribution < -0.4 is 4.90 Å².